The van der Waals surface area contributed by atoms with Gasteiger partial charge in [-0.3, -0.25) is 0 Å². The van der Waals surface area contributed by atoms with Crippen LogP contribution < -0.4 is 19.5 Å². The molecule has 0 radical (unpaired) electrons. The van der Waals surface area contributed by atoms with E-state index in [0.717, 1.165) is 11.3 Å². The third kappa shape index (κ3) is 3.56. The van der Waals surface area contributed by atoms with Crippen molar-refractivity contribution in [3.05, 3.63) is 47.8 Å². The molecule has 2 aromatic rings. The number of hydrogen-bond acceptors (Lipinski definition) is 4. The monoisotopic (exact) mass is 291 g/mol. The van der Waals surface area contributed by atoms with Gasteiger partial charge in [-0.25, -0.2) is 4.39 Å². The summed E-state index contributed by atoms with van der Waals surface area (Å²) in [5.41, 5.74) is 1.74. The van der Waals surface area contributed by atoms with Crippen molar-refractivity contribution >= 4 is 5.69 Å². The van der Waals surface area contributed by atoms with Gasteiger partial charge in [0.1, 0.15) is 11.6 Å². The highest BCUT2D eigenvalue weighted by Crippen LogP contribution is 2.29. The number of anilines is 1. The van der Waals surface area contributed by atoms with Crippen LogP contribution in [0.5, 0.6) is 17.2 Å². The highest BCUT2D eigenvalue weighted by Gasteiger charge is 2.07. The van der Waals surface area contributed by atoms with Crippen molar-refractivity contribution in [2.24, 2.45) is 0 Å². The van der Waals surface area contributed by atoms with Crippen LogP contribution in [0.15, 0.2) is 36.4 Å². The smallest absolute Gasteiger partial charge is 0.161 e. The van der Waals surface area contributed by atoms with E-state index < -0.39 is 0 Å². The lowest BCUT2D eigenvalue weighted by atomic mass is 10.2. The highest BCUT2D eigenvalue weighted by molar-refractivity contribution is 5.57. The fraction of sp³-hybridized carbons (Fsp3) is 0.250. The molecule has 0 saturated heterocycles. The van der Waals surface area contributed by atoms with E-state index >= 15 is 0 Å². The summed E-state index contributed by atoms with van der Waals surface area (Å²) in [6, 6.07) is 10.1. The predicted molar refractivity (Wildman–Crippen MR) is 79.8 cm³/mol. The number of hydrogen-bond donors (Lipinski definition) is 1. The molecule has 0 aromatic heterocycles. The van der Waals surface area contributed by atoms with Gasteiger partial charge in [0.15, 0.2) is 11.5 Å². The topological polar surface area (TPSA) is 39.7 Å². The second-order valence-electron chi connectivity index (χ2n) is 4.39. The number of rotatable bonds is 6. The fourth-order valence-electron chi connectivity index (χ4n) is 2.00. The summed E-state index contributed by atoms with van der Waals surface area (Å²) in [6.07, 6.45) is 0. The average molecular weight is 291 g/mol. The SMILES string of the molecule is COc1cc(F)ccc1NCc1ccc(OC)c(OC)c1. The Morgan fingerprint density at radius 2 is 1.57 bits per heavy atom. The molecule has 5 heteroatoms. The van der Waals surface area contributed by atoms with Crippen molar-refractivity contribution in [2.75, 3.05) is 26.6 Å². The highest BCUT2D eigenvalue weighted by atomic mass is 19.1. The second-order valence-corrected chi connectivity index (χ2v) is 4.39. The van der Waals surface area contributed by atoms with Crippen LogP contribution >= 0.6 is 0 Å². The first-order chi connectivity index (χ1) is 10.2. The summed E-state index contributed by atoms with van der Waals surface area (Å²) >= 11 is 0. The number of nitrogens with one attached hydrogen (secondary N) is 1. The predicted octanol–water partition coefficient (Wildman–Crippen LogP) is 3.46. The first-order valence-corrected chi connectivity index (χ1v) is 6.46. The maximum Gasteiger partial charge on any atom is 0.161 e. The van der Waals surface area contributed by atoms with Gasteiger partial charge in [0.25, 0.3) is 0 Å². The molecule has 2 rings (SSSR count). The van der Waals surface area contributed by atoms with Crippen LogP contribution in [-0.2, 0) is 6.54 Å². The Balaban J connectivity index is 2.13. The lowest BCUT2D eigenvalue weighted by Crippen LogP contribution is -2.02. The molecule has 0 saturated carbocycles. The molecule has 0 heterocycles. The van der Waals surface area contributed by atoms with Crippen LogP contribution in [0, 0.1) is 5.82 Å². The van der Waals surface area contributed by atoms with Crippen LogP contribution in [0.25, 0.3) is 0 Å². The molecule has 0 aliphatic carbocycles. The molecule has 2 aromatic carbocycles. The summed E-state index contributed by atoms with van der Waals surface area (Å²) in [7, 11) is 4.70. The number of benzene rings is 2. The van der Waals surface area contributed by atoms with E-state index in [-0.39, 0.29) is 5.82 Å². The van der Waals surface area contributed by atoms with Gasteiger partial charge in [-0.15, -0.1) is 0 Å². The molecule has 1 N–H and O–H groups in total. The Kier molecular flexibility index (Phi) is 4.87. The van der Waals surface area contributed by atoms with Crippen LogP contribution in [0.1, 0.15) is 5.56 Å². The molecule has 0 atom stereocenters. The molecule has 0 bridgehead atoms. The van der Waals surface area contributed by atoms with E-state index in [2.05, 4.69) is 5.32 Å². The fourth-order valence-corrected chi connectivity index (χ4v) is 2.00. The molecule has 21 heavy (non-hydrogen) atoms. The standard InChI is InChI=1S/C16H18FNO3/c1-19-14-7-4-11(8-16(14)21-3)10-18-13-6-5-12(17)9-15(13)20-2/h4-9,18H,10H2,1-3H3. The Labute approximate surface area is 123 Å². The van der Waals surface area contributed by atoms with E-state index in [0.29, 0.717) is 23.8 Å². The van der Waals surface area contributed by atoms with Crippen LogP contribution in [0.4, 0.5) is 10.1 Å². The van der Waals surface area contributed by atoms with Gasteiger partial charge in [0.05, 0.1) is 27.0 Å². The quantitative estimate of drug-likeness (QED) is 0.884. The summed E-state index contributed by atoms with van der Waals surface area (Å²) < 4.78 is 28.7. The lowest BCUT2D eigenvalue weighted by molar-refractivity contribution is 0.354. The van der Waals surface area contributed by atoms with Gasteiger partial charge in [0.2, 0.25) is 0 Å². The number of halogens is 1. The molecule has 0 unspecified atom stereocenters. The molecule has 0 aliphatic rings. The van der Waals surface area contributed by atoms with Crippen LogP contribution in [0.2, 0.25) is 0 Å². The van der Waals surface area contributed by atoms with Gasteiger partial charge in [-0.2, -0.15) is 0 Å². The van der Waals surface area contributed by atoms with Gasteiger partial charge >= 0.3 is 0 Å². The Hall–Kier alpha value is -2.43. The number of methoxy groups -OCH3 is 3. The summed E-state index contributed by atoms with van der Waals surface area (Å²) in [5, 5.41) is 3.21. The molecule has 0 aliphatic heterocycles. The Morgan fingerprint density at radius 1 is 0.857 bits per heavy atom. The van der Waals surface area contributed by atoms with E-state index in [1.165, 1.54) is 19.2 Å². The zero-order chi connectivity index (χ0) is 15.2. The van der Waals surface area contributed by atoms with Crippen molar-refractivity contribution in [1.82, 2.24) is 0 Å². The molecule has 0 fully saturated rings. The van der Waals surface area contributed by atoms with Crippen LogP contribution in [-0.4, -0.2) is 21.3 Å². The first kappa shape index (κ1) is 15.0. The molecule has 0 spiro atoms. The zero-order valence-electron chi connectivity index (χ0n) is 12.3. The number of ether oxygens (including phenoxy) is 3. The molecule has 0 amide bonds. The maximum atomic E-state index is 13.1. The summed E-state index contributed by atoms with van der Waals surface area (Å²) in [5.74, 6) is 1.49. The molecule has 112 valence electrons. The first-order valence-electron chi connectivity index (χ1n) is 6.46. The van der Waals surface area contributed by atoms with E-state index in [9.17, 15) is 4.39 Å². The van der Waals surface area contributed by atoms with Crippen molar-refractivity contribution in [3.8, 4) is 17.2 Å². The summed E-state index contributed by atoms with van der Waals surface area (Å²) in [6.45, 7) is 0.558. The van der Waals surface area contributed by atoms with Gasteiger partial charge in [-0.05, 0) is 29.8 Å². The van der Waals surface area contributed by atoms with Gasteiger partial charge in [-0.1, -0.05) is 6.07 Å². The van der Waals surface area contributed by atoms with E-state index in [4.69, 9.17) is 14.2 Å². The third-order valence-electron chi connectivity index (χ3n) is 3.09. The minimum absolute atomic E-state index is 0.330. The van der Waals surface area contributed by atoms with Gasteiger partial charge < -0.3 is 19.5 Å². The van der Waals surface area contributed by atoms with Crippen molar-refractivity contribution in [2.45, 2.75) is 6.54 Å². The lowest BCUT2D eigenvalue weighted by Gasteiger charge is -2.13. The van der Waals surface area contributed by atoms with Gasteiger partial charge in [0, 0.05) is 12.6 Å². The van der Waals surface area contributed by atoms with Crippen molar-refractivity contribution in [3.63, 3.8) is 0 Å². The minimum Gasteiger partial charge on any atom is -0.494 e. The molecular weight excluding hydrogens is 273 g/mol. The normalized spacial score (nSPS) is 10.1. The largest absolute Gasteiger partial charge is 0.494 e. The second kappa shape index (κ2) is 6.83. The Morgan fingerprint density at radius 3 is 2.24 bits per heavy atom. The zero-order valence-corrected chi connectivity index (χ0v) is 12.3. The molecular formula is C16H18FNO3. The van der Waals surface area contributed by atoms with Crippen molar-refractivity contribution in [1.29, 1.82) is 0 Å². The molecule has 4 nitrogen and oxygen atoms in total. The van der Waals surface area contributed by atoms with E-state index in [1.807, 2.05) is 18.2 Å². The third-order valence-corrected chi connectivity index (χ3v) is 3.09. The average Bonchev–Trinajstić information content (AvgIpc) is 2.53. The summed E-state index contributed by atoms with van der Waals surface area (Å²) in [4.78, 5) is 0. The van der Waals surface area contributed by atoms with Crippen LogP contribution in [0.3, 0.4) is 0 Å². The van der Waals surface area contributed by atoms with E-state index in [1.54, 1.807) is 20.3 Å². The minimum atomic E-state index is -0.330. The van der Waals surface area contributed by atoms with Crippen molar-refractivity contribution < 1.29 is 18.6 Å². The Bertz CT molecular complexity index is 616. The maximum absolute atomic E-state index is 13.1.